The van der Waals surface area contributed by atoms with Crippen LogP contribution < -0.4 is 10.0 Å². The minimum absolute atomic E-state index is 0.278. The van der Waals surface area contributed by atoms with Crippen molar-refractivity contribution in [1.82, 2.24) is 5.32 Å². The Labute approximate surface area is 109 Å². The normalized spacial score (nSPS) is 17.7. The molecule has 0 saturated carbocycles. The number of sulfonamides is 1. The van der Waals surface area contributed by atoms with Crippen LogP contribution in [0.1, 0.15) is 24.0 Å². The number of rotatable bonds is 3. The summed E-state index contributed by atoms with van der Waals surface area (Å²) in [7, 11) is -3.26. The predicted octanol–water partition coefficient (Wildman–Crippen LogP) is 1.80. The van der Waals surface area contributed by atoms with Crippen molar-refractivity contribution in [2.75, 3.05) is 17.8 Å². The van der Waals surface area contributed by atoms with E-state index in [2.05, 4.69) is 10.0 Å². The summed E-state index contributed by atoms with van der Waals surface area (Å²) >= 11 is 0. The topological polar surface area (TPSA) is 58.2 Å². The molecule has 0 aromatic heterocycles. The molecule has 0 spiro atoms. The number of nitrogens with one attached hydrogen (secondary N) is 2. The van der Waals surface area contributed by atoms with Gasteiger partial charge in [0, 0.05) is 5.69 Å². The van der Waals surface area contributed by atoms with Gasteiger partial charge in [0.15, 0.2) is 0 Å². The second-order valence-electron chi connectivity index (χ2n) is 4.97. The number of hydrogen-bond donors (Lipinski definition) is 2. The van der Waals surface area contributed by atoms with E-state index in [4.69, 9.17) is 0 Å². The Hall–Kier alpha value is -1.07. The second kappa shape index (κ2) is 5.28. The molecule has 4 nitrogen and oxygen atoms in total. The zero-order valence-electron chi connectivity index (χ0n) is 10.9. The lowest BCUT2D eigenvalue weighted by molar-refractivity contribution is 0.499. The molecule has 0 radical (unpaired) electrons. The summed E-state index contributed by atoms with van der Waals surface area (Å²) in [6.45, 7) is 5.49. The molecule has 0 unspecified atom stereocenters. The monoisotopic (exact) mass is 268 g/mol. The summed E-state index contributed by atoms with van der Waals surface area (Å²) in [6, 6.07) is 5.76. The Balaban J connectivity index is 2.16. The minimum atomic E-state index is -3.26. The third-order valence-corrected chi connectivity index (χ3v) is 5.08. The minimum Gasteiger partial charge on any atom is -0.317 e. The van der Waals surface area contributed by atoms with Gasteiger partial charge in [0.25, 0.3) is 0 Å². The molecule has 2 rings (SSSR count). The molecule has 18 heavy (non-hydrogen) atoms. The van der Waals surface area contributed by atoms with E-state index in [-0.39, 0.29) is 5.25 Å². The third kappa shape index (κ3) is 3.23. The van der Waals surface area contributed by atoms with Crippen LogP contribution in [0.4, 0.5) is 5.69 Å². The van der Waals surface area contributed by atoms with Crippen molar-refractivity contribution in [1.29, 1.82) is 0 Å². The van der Waals surface area contributed by atoms with Crippen LogP contribution in [0.2, 0.25) is 0 Å². The number of aryl methyl sites for hydroxylation is 2. The van der Waals surface area contributed by atoms with Gasteiger partial charge >= 0.3 is 0 Å². The van der Waals surface area contributed by atoms with E-state index in [0.717, 1.165) is 24.2 Å². The van der Waals surface area contributed by atoms with E-state index in [1.165, 1.54) is 0 Å². The molecular formula is C13H20N2O2S. The average molecular weight is 268 g/mol. The Morgan fingerprint density at radius 2 is 1.67 bits per heavy atom. The summed E-state index contributed by atoms with van der Waals surface area (Å²) < 4.78 is 27.2. The van der Waals surface area contributed by atoms with Crippen molar-refractivity contribution in [2.45, 2.75) is 31.9 Å². The first kappa shape index (κ1) is 13.4. The van der Waals surface area contributed by atoms with Crippen LogP contribution >= 0.6 is 0 Å². The molecule has 1 aromatic carbocycles. The molecular weight excluding hydrogens is 248 g/mol. The van der Waals surface area contributed by atoms with Crippen LogP contribution in [-0.4, -0.2) is 26.8 Å². The van der Waals surface area contributed by atoms with Crippen molar-refractivity contribution in [3.8, 4) is 0 Å². The lowest BCUT2D eigenvalue weighted by Crippen LogP contribution is -2.38. The van der Waals surface area contributed by atoms with Gasteiger partial charge in [-0.15, -0.1) is 0 Å². The van der Waals surface area contributed by atoms with Crippen molar-refractivity contribution in [2.24, 2.45) is 0 Å². The SMILES string of the molecule is Cc1cc(C)cc(NS(=O)(=O)C2CCNCC2)c1. The quantitative estimate of drug-likeness (QED) is 0.879. The fraction of sp³-hybridized carbons (Fsp3) is 0.538. The van der Waals surface area contributed by atoms with Crippen molar-refractivity contribution in [3.05, 3.63) is 29.3 Å². The Morgan fingerprint density at radius 3 is 2.22 bits per heavy atom. The summed E-state index contributed by atoms with van der Waals surface area (Å²) in [5.74, 6) is 0. The second-order valence-corrected chi connectivity index (χ2v) is 6.93. The van der Waals surface area contributed by atoms with E-state index in [1.54, 1.807) is 0 Å². The standard InChI is InChI=1S/C13H20N2O2S/c1-10-7-11(2)9-12(8-10)15-18(16,17)13-3-5-14-6-4-13/h7-9,13-15H,3-6H2,1-2H3. The first-order chi connectivity index (χ1) is 8.47. The smallest absolute Gasteiger partial charge is 0.235 e. The Bertz CT molecular complexity index is 500. The van der Waals surface area contributed by atoms with Gasteiger partial charge in [-0.2, -0.15) is 0 Å². The van der Waals surface area contributed by atoms with Crippen LogP contribution in [-0.2, 0) is 10.0 Å². The summed E-state index contributed by atoms with van der Waals surface area (Å²) in [5.41, 5.74) is 2.81. The van der Waals surface area contributed by atoms with Gasteiger partial charge in [0.05, 0.1) is 5.25 Å². The summed E-state index contributed by atoms with van der Waals surface area (Å²) in [4.78, 5) is 0. The van der Waals surface area contributed by atoms with Gasteiger partial charge in [0.2, 0.25) is 10.0 Å². The highest BCUT2D eigenvalue weighted by Gasteiger charge is 2.27. The lowest BCUT2D eigenvalue weighted by atomic mass is 10.1. The van der Waals surface area contributed by atoms with Crippen molar-refractivity contribution in [3.63, 3.8) is 0 Å². The van der Waals surface area contributed by atoms with E-state index < -0.39 is 10.0 Å². The maximum atomic E-state index is 12.2. The summed E-state index contributed by atoms with van der Waals surface area (Å²) in [6.07, 6.45) is 1.36. The van der Waals surface area contributed by atoms with Crippen LogP contribution in [0.3, 0.4) is 0 Å². The van der Waals surface area contributed by atoms with Crippen molar-refractivity contribution < 1.29 is 8.42 Å². The molecule has 1 saturated heterocycles. The molecule has 0 amide bonds. The fourth-order valence-corrected chi connectivity index (χ4v) is 3.86. The molecule has 1 fully saturated rings. The van der Waals surface area contributed by atoms with E-state index in [1.807, 2.05) is 32.0 Å². The molecule has 0 aliphatic carbocycles. The zero-order chi connectivity index (χ0) is 13.2. The Morgan fingerprint density at radius 1 is 1.11 bits per heavy atom. The number of anilines is 1. The van der Waals surface area contributed by atoms with Crippen LogP contribution in [0, 0.1) is 13.8 Å². The third-order valence-electron chi connectivity index (χ3n) is 3.21. The predicted molar refractivity (Wildman–Crippen MR) is 74.4 cm³/mol. The van der Waals surface area contributed by atoms with Gasteiger partial charge in [-0.3, -0.25) is 4.72 Å². The highest BCUT2D eigenvalue weighted by molar-refractivity contribution is 7.93. The van der Waals surface area contributed by atoms with E-state index in [9.17, 15) is 8.42 Å². The fourth-order valence-electron chi connectivity index (χ4n) is 2.39. The molecule has 0 bridgehead atoms. The van der Waals surface area contributed by atoms with Gasteiger partial charge in [-0.1, -0.05) is 6.07 Å². The van der Waals surface area contributed by atoms with Crippen LogP contribution in [0.25, 0.3) is 0 Å². The van der Waals surface area contributed by atoms with E-state index in [0.29, 0.717) is 18.5 Å². The number of hydrogen-bond acceptors (Lipinski definition) is 3. The molecule has 1 aliphatic rings. The number of benzene rings is 1. The molecule has 1 heterocycles. The molecule has 2 N–H and O–H groups in total. The molecule has 1 aliphatic heterocycles. The first-order valence-corrected chi connectivity index (χ1v) is 7.83. The lowest BCUT2D eigenvalue weighted by Gasteiger charge is -2.23. The van der Waals surface area contributed by atoms with Crippen molar-refractivity contribution >= 4 is 15.7 Å². The molecule has 100 valence electrons. The maximum absolute atomic E-state index is 12.2. The molecule has 1 aromatic rings. The summed E-state index contributed by atoms with van der Waals surface area (Å²) in [5, 5.41) is 2.90. The highest BCUT2D eigenvalue weighted by atomic mass is 32.2. The Kier molecular flexibility index (Phi) is 3.92. The highest BCUT2D eigenvalue weighted by Crippen LogP contribution is 2.20. The average Bonchev–Trinajstić information content (AvgIpc) is 2.28. The largest absolute Gasteiger partial charge is 0.317 e. The van der Waals surface area contributed by atoms with Gasteiger partial charge in [-0.05, 0) is 63.0 Å². The van der Waals surface area contributed by atoms with Gasteiger partial charge in [0.1, 0.15) is 0 Å². The van der Waals surface area contributed by atoms with Crippen LogP contribution in [0.15, 0.2) is 18.2 Å². The maximum Gasteiger partial charge on any atom is 0.235 e. The zero-order valence-corrected chi connectivity index (χ0v) is 11.7. The first-order valence-electron chi connectivity index (χ1n) is 6.28. The van der Waals surface area contributed by atoms with E-state index >= 15 is 0 Å². The van der Waals surface area contributed by atoms with Gasteiger partial charge < -0.3 is 5.32 Å². The molecule has 5 heteroatoms. The number of piperidine rings is 1. The molecule has 0 atom stereocenters. The van der Waals surface area contributed by atoms with Gasteiger partial charge in [-0.25, -0.2) is 8.42 Å². The van der Waals surface area contributed by atoms with Crippen LogP contribution in [0.5, 0.6) is 0 Å².